The van der Waals surface area contributed by atoms with E-state index in [9.17, 15) is 12.8 Å². The third-order valence-electron chi connectivity index (χ3n) is 4.62. The number of hydrogen-bond acceptors (Lipinski definition) is 7. The van der Waals surface area contributed by atoms with E-state index in [4.69, 9.17) is 19.9 Å². The van der Waals surface area contributed by atoms with Crippen molar-refractivity contribution in [1.29, 1.82) is 0 Å². The first-order valence-corrected chi connectivity index (χ1v) is 11.6. The minimum atomic E-state index is -4.07. The fraction of sp³-hybridized carbons (Fsp3) is 0.318. The Bertz CT molecular complexity index is 1200. The molecule has 8 nitrogen and oxygen atoms in total. The average Bonchev–Trinajstić information content (AvgIpc) is 3.15. The van der Waals surface area contributed by atoms with Crippen molar-refractivity contribution in [3.8, 4) is 28.4 Å². The van der Waals surface area contributed by atoms with Crippen LogP contribution in [-0.4, -0.2) is 37.4 Å². The van der Waals surface area contributed by atoms with E-state index in [0.29, 0.717) is 48.2 Å². The van der Waals surface area contributed by atoms with Gasteiger partial charge < -0.3 is 19.9 Å². The van der Waals surface area contributed by atoms with Gasteiger partial charge in [0, 0.05) is 5.56 Å². The number of nitrogen functional groups attached to an aromatic ring is 1. The van der Waals surface area contributed by atoms with Crippen LogP contribution in [0.3, 0.4) is 0 Å². The number of nitrogens with zero attached hydrogens (tertiary/aromatic N) is 2. The Kier molecular flexibility index (Phi) is 6.93. The van der Waals surface area contributed by atoms with E-state index in [2.05, 4.69) is 5.10 Å². The number of benzene rings is 2. The third-order valence-corrected chi connectivity index (χ3v) is 6.14. The molecule has 1 aromatic heterocycles. The van der Waals surface area contributed by atoms with E-state index >= 15 is 0 Å². The molecule has 0 spiro atoms. The molecule has 2 aromatic carbocycles. The number of halogens is 1. The van der Waals surface area contributed by atoms with Gasteiger partial charge in [-0.05, 0) is 69.2 Å². The number of nitrogens with two attached hydrogens (primary N) is 1. The average molecular weight is 464 g/mol. The zero-order valence-electron chi connectivity index (χ0n) is 18.4. The highest BCUT2D eigenvalue weighted by Gasteiger charge is 2.23. The van der Waals surface area contributed by atoms with Crippen LogP contribution in [-0.2, 0) is 10.0 Å². The molecule has 0 radical (unpaired) electrons. The van der Waals surface area contributed by atoms with Gasteiger partial charge in [-0.15, -0.1) is 5.10 Å². The topological polar surface area (TPSA) is 106 Å². The monoisotopic (exact) mass is 463 g/mol. The summed E-state index contributed by atoms with van der Waals surface area (Å²) in [4.78, 5) is -0.0952. The van der Waals surface area contributed by atoms with Crippen LogP contribution in [0.15, 0.2) is 41.4 Å². The van der Waals surface area contributed by atoms with Gasteiger partial charge in [-0.2, -0.15) is 12.5 Å². The van der Waals surface area contributed by atoms with Crippen LogP contribution in [0.4, 0.5) is 10.2 Å². The normalized spacial score (nSPS) is 11.4. The number of rotatable bonds is 9. The van der Waals surface area contributed by atoms with Gasteiger partial charge in [0.2, 0.25) is 5.75 Å². The first kappa shape index (κ1) is 23.4. The molecule has 3 aromatic rings. The molecule has 172 valence electrons. The van der Waals surface area contributed by atoms with Crippen molar-refractivity contribution in [1.82, 2.24) is 9.19 Å². The van der Waals surface area contributed by atoms with Crippen LogP contribution < -0.4 is 19.9 Å². The quantitative estimate of drug-likeness (QED) is 0.511. The number of hydrogen-bond donors (Lipinski definition) is 1. The molecule has 3 rings (SSSR count). The van der Waals surface area contributed by atoms with Crippen LogP contribution in [0.5, 0.6) is 17.2 Å². The second kappa shape index (κ2) is 9.47. The molecule has 0 aliphatic heterocycles. The Morgan fingerprint density at radius 1 is 1.00 bits per heavy atom. The summed E-state index contributed by atoms with van der Waals surface area (Å²) >= 11 is 0. The molecule has 0 saturated carbocycles. The molecule has 0 saturated heterocycles. The molecular formula is C22H26FN3O5S. The van der Waals surface area contributed by atoms with Gasteiger partial charge >= 0.3 is 0 Å². The minimum Gasteiger partial charge on any atom is -0.490 e. The van der Waals surface area contributed by atoms with E-state index in [1.807, 2.05) is 20.8 Å². The highest BCUT2D eigenvalue weighted by Crippen LogP contribution is 2.43. The molecule has 0 bridgehead atoms. The summed E-state index contributed by atoms with van der Waals surface area (Å²) in [6.45, 7) is 8.21. The van der Waals surface area contributed by atoms with E-state index in [1.165, 1.54) is 25.3 Å². The lowest BCUT2D eigenvalue weighted by Crippen LogP contribution is -2.14. The maximum Gasteiger partial charge on any atom is 0.283 e. The molecule has 0 aliphatic carbocycles. The fourth-order valence-electron chi connectivity index (χ4n) is 3.14. The smallest absolute Gasteiger partial charge is 0.283 e. The fourth-order valence-corrected chi connectivity index (χ4v) is 4.36. The Labute approximate surface area is 186 Å². The van der Waals surface area contributed by atoms with Crippen molar-refractivity contribution < 1.29 is 27.0 Å². The molecule has 10 heteroatoms. The van der Waals surface area contributed by atoms with Gasteiger partial charge in [-0.1, -0.05) is 0 Å². The SMILES string of the molecule is CCOc1cc(-c2cn(S(=O)(=O)c3ccc(F)c(C)c3)nc2N)cc(OCC)c1OCC. The van der Waals surface area contributed by atoms with Crippen LogP contribution in [0.25, 0.3) is 11.1 Å². The van der Waals surface area contributed by atoms with Gasteiger partial charge in [0.1, 0.15) is 5.82 Å². The van der Waals surface area contributed by atoms with Crippen LogP contribution >= 0.6 is 0 Å². The predicted molar refractivity (Wildman–Crippen MR) is 119 cm³/mol. The summed E-state index contributed by atoms with van der Waals surface area (Å²) in [5.74, 6) is 0.853. The molecule has 0 unspecified atom stereocenters. The molecule has 0 atom stereocenters. The van der Waals surface area contributed by atoms with Gasteiger partial charge in [-0.25, -0.2) is 4.39 Å². The largest absolute Gasteiger partial charge is 0.490 e. The van der Waals surface area contributed by atoms with Crippen LogP contribution in [0.1, 0.15) is 26.3 Å². The van der Waals surface area contributed by atoms with Crippen molar-refractivity contribution in [3.05, 3.63) is 47.9 Å². The predicted octanol–water partition coefficient (Wildman–Crippen LogP) is 4.01. The van der Waals surface area contributed by atoms with Crippen molar-refractivity contribution in [2.75, 3.05) is 25.6 Å². The van der Waals surface area contributed by atoms with Crippen molar-refractivity contribution in [2.45, 2.75) is 32.6 Å². The third kappa shape index (κ3) is 4.50. The van der Waals surface area contributed by atoms with Gasteiger partial charge in [0.25, 0.3) is 10.0 Å². The Morgan fingerprint density at radius 2 is 1.59 bits per heavy atom. The lowest BCUT2D eigenvalue weighted by Gasteiger charge is -2.17. The first-order valence-electron chi connectivity index (χ1n) is 10.2. The molecule has 32 heavy (non-hydrogen) atoms. The lowest BCUT2D eigenvalue weighted by atomic mass is 10.1. The van der Waals surface area contributed by atoms with E-state index in [1.54, 1.807) is 12.1 Å². The molecule has 2 N–H and O–H groups in total. The molecule has 0 fully saturated rings. The summed E-state index contributed by atoms with van der Waals surface area (Å²) in [6.07, 6.45) is 1.31. The second-order valence-electron chi connectivity index (χ2n) is 6.82. The summed E-state index contributed by atoms with van der Waals surface area (Å²) in [5.41, 5.74) is 7.21. The zero-order valence-corrected chi connectivity index (χ0v) is 19.2. The van der Waals surface area contributed by atoms with E-state index < -0.39 is 15.8 Å². The summed E-state index contributed by atoms with van der Waals surface area (Å²) in [7, 11) is -4.07. The summed E-state index contributed by atoms with van der Waals surface area (Å²) in [5, 5.41) is 4.00. The molecule has 1 heterocycles. The standard InChI is InChI=1S/C22H26FN3O5S/c1-5-29-19-11-15(12-20(30-6-2)21(19)31-7-3)17-13-26(25-22(17)24)32(27,28)16-8-9-18(23)14(4)10-16/h8-13H,5-7H2,1-4H3,(H2,24,25). The Balaban J connectivity index is 2.12. The minimum absolute atomic E-state index is 0.00136. The number of ether oxygens (including phenoxy) is 3. The molecule has 0 amide bonds. The number of anilines is 1. The molecular weight excluding hydrogens is 437 g/mol. The van der Waals surface area contributed by atoms with Crippen molar-refractivity contribution >= 4 is 15.8 Å². The van der Waals surface area contributed by atoms with Crippen molar-refractivity contribution in [3.63, 3.8) is 0 Å². The number of aryl methyl sites for hydroxylation is 1. The van der Waals surface area contributed by atoms with Gasteiger partial charge in [0.05, 0.1) is 30.9 Å². The lowest BCUT2D eigenvalue weighted by molar-refractivity contribution is 0.261. The van der Waals surface area contributed by atoms with E-state index in [-0.39, 0.29) is 16.3 Å². The summed E-state index contributed by atoms with van der Waals surface area (Å²) < 4.78 is 57.6. The zero-order chi connectivity index (χ0) is 23.5. The van der Waals surface area contributed by atoms with Gasteiger partial charge in [0.15, 0.2) is 17.3 Å². The van der Waals surface area contributed by atoms with Crippen LogP contribution in [0, 0.1) is 12.7 Å². The maximum atomic E-state index is 13.6. The highest BCUT2D eigenvalue weighted by atomic mass is 32.2. The molecule has 0 aliphatic rings. The highest BCUT2D eigenvalue weighted by molar-refractivity contribution is 7.89. The van der Waals surface area contributed by atoms with Crippen LogP contribution in [0.2, 0.25) is 0 Å². The van der Waals surface area contributed by atoms with Crippen molar-refractivity contribution in [2.24, 2.45) is 0 Å². The van der Waals surface area contributed by atoms with E-state index in [0.717, 1.165) is 10.2 Å². The Hall–Kier alpha value is -3.27. The first-order chi connectivity index (χ1) is 15.2. The summed E-state index contributed by atoms with van der Waals surface area (Å²) in [6, 6.07) is 6.93. The maximum absolute atomic E-state index is 13.6. The van der Waals surface area contributed by atoms with Gasteiger partial charge in [-0.3, -0.25) is 0 Å². The second-order valence-corrected chi connectivity index (χ2v) is 8.61. The Morgan fingerprint density at radius 3 is 2.12 bits per heavy atom. The number of aromatic nitrogens is 2.